The van der Waals surface area contributed by atoms with Gasteiger partial charge in [-0.05, 0) is 31.2 Å². The van der Waals surface area contributed by atoms with Gasteiger partial charge in [0.15, 0.2) is 5.58 Å². The molecule has 7 nitrogen and oxygen atoms in total. The minimum absolute atomic E-state index is 0.0159. The third-order valence-electron chi connectivity index (χ3n) is 4.40. The Kier molecular flexibility index (Phi) is 4.80. The van der Waals surface area contributed by atoms with Crippen molar-refractivity contribution in [1.29, 1.82) is 0 Å². The van der Waals surface area contributed by atoms with Crippen molar-refractivity contribution in [2.24, 2.45) is 0 Å². The summed E-state index contributed by atoms with van der Waals surface area (Å²) in [6.07, 6.45) is 0.0475. The van der Waals surface area contributed by atoms with E-state index in [1.165, 1.54) is 4.57 Å². The molecule has 142 valence electrons. The van der Waals surface area contributed by atoms with E-state index in [2.05, 4.69) is 4.98 Å². The van der Waals surface area contributed by atoms with Crippen molar-refractivity contribution in [3.63, 3.8) is 0 Å². The Balaban J connectivity index is 1.38. The fourth-order valence-corrected chi connectivity index (χ4v) is 2.92. The highest BCUT2D eigenvalue weighted by Gasteiger charge is 2.15. The number of carbonyl (C=O) groups is 1. The van der Waals surface area contributed by atoms with Gasteiger partial charge in [0.05, 0.1) is 11.9 Å². The number of aromatic nitrogens is 2. The van der Waals surface area contributed by atoms with E-state index in [4.69, 9.17) is 13.6 Å². The van der Waals surface area contributed by atoms with E-state index < -0.39 is 11.7 Å². The van der Waals surface area contributed by atoms with Gasteiger partial charge in [-0.3, -0.25) is 9.36 Å². The smallest absolute Gasteiger partial charge is 0.419 e. The Hall–Kier alpha value is -3.61. The molecule has 2 aromatic heterocycles. The number of rotatable bonds is 6. The summed E-state index contributed by atoms with van der Waals surface area (Å²) < 4.78 is 17.5. The second-order valence-corrected chi connectivity index (χ2v) is 6.29. The van der Waals surface area contributed by atoms with Crippen molar-refractivity contribution < 1.29 is 18.4 Å². The van der Waals surface area contributed by atoms with Crippen LogP contribution in [0.4, 0.5) is 0 Å². The lowest BCUT2D eigenvalue weighted by Crippen LogP contribution is -2.17. The molecule has 0 N–H and O–H groups in total. The number of oxazole rings is 2. The van der Waals surface area contributed by atoms with Crippen molar-refractivity contribution in [2.75, 3.05) is 0 Å². The molecular weight excluding hydrogens is 360 g/mol. The Labute approximate surface area is 160 Å². The number of carbonyl (C=O) groups excluding carboxylic acids is 1. The Morgan fingerprint density at radius 3 is 2.64 bits per heavy atom. The second kappa shape index (κ2) is 7.56. The average molecular weight is 378 g/mol. The van der Waals surface area contributed by atoms with Gasteiger partial charge in [-0.2, -0.15) is 0 Å². The zero-order valence-corrected chi connectivity index (χ0v) is 15.3. The maximum atomic E-state index is 12.1. The number of para-hydroxylation sites is 2. The Morgan fingerprint density at radius 1 is 1.07 bits per heavy atom. The van der Waals surface area contributed by atoms with Gasteiger partial charge in [0.25, 0.3) is 0 Å². The van der Waals surface area contributed by atoms with Crippen molar-refractivity contribution in [3.05, 3.63) is 76.6 Å². The first-order valence-corrected chi connectivity index (χ1v) is 8.87. The Morgan fingerprint density at radius 2 is 1.82 bits per heavy atom. The van der Waals surface area contributed by atoms with Crippen LogP contribution in [0.25, 0.3) is 22.6 Å². The molecule has 7 heteroatoms. The molecule has 0 aliphatic rings. The summed E-state index contributed by atoms with van der Waals surface area (Å²) in [6, 6.07) is 16.6. The first-order valence-electron chi connectivity index (χ1n) is 8.87. The van der Waals surface area contributed by atoms with Crippen molar-refractivity contribution in [2.45, 2.75) is 26.5 Å². The van der Waals surface area contributed by atoms with Gasteiger partial charge in [-0.1, -0.05) is 30.3 Å². The van der Waals surface area contributed by atoms with Gasteiger partial charge in [0, 0.05) is 12.1 Å². The molecule has 0 saturated carbocycles. The van der Waals surface area contributed by atoms with E-state index in [9.17, 15) is 9.59 Å². The molecule has 0 amide bonds. The monoisotopic (exact) mass is 378 g/mol. The van der Waals surface area contributed by atoms with Crippen LogP contribution in [0.3, 0.4) is 0 Å². The first-order chi connectivity index (χ1) is 13.6. The standard InChI is InChI=1S/C21H18N2O5/c1-14-16(22-20(27-14)15-7-3-2-4-8-15)13-26-19(24)11-12-23-17-9-5-6-10-18(17)28-21(23)25/h2-10H,11-13H2,1H3. The van der Waals surface area contributed by atoms with Gasteiger partial charge in [-0.15, -0.1) is 0 Å². The van der Waals surface area contributed by atoms with Crippen LogP contribution in [0, 0.1) is 6.92 Å². The van der Waals surface area contributed by atoms with E-state index >= 15 is 0 Å². The van der Waals surface area contributed by atoms with E-state index in [0.717, 1.165) is 5.56 Å². The molecule has 0 atom stereocenters. The summed E-state index contributed by atoms with van der Waals surface area (Å²) in [4.78, 5) is 28.5. The zero-order chi connectivity index (χ0) is 19.5. The summed E-state index contributed by atoms with van der Waals surface area (Å²) in [5.41, 5.74) is 2.57. The van der Waals surface area contributed by atoms with Crippen LogP contribution in [-0.2, 0) is 22.7 Å². The van der Waals surface area contributed by atoms with Crippen LogP contribution in [-0.4, -0.2) is 15.5 Å². The fraction of sp³-hybridized carbons (Fsp3) is 0.190. The molecule has 0 unspecified atom stereocenters. The molecule has 4 rings (SSSR count). The second-order valence-electron chi connectivity index (χ2n) is 6.29. The lowest BCUT2D eigenvalue weighted by Gasteiger charge is -2.04. The van der Waals surface area contributed by atoms with Crippen LogP contribution in [0.5, 0.6) is 0 Å². The summed E-state index contributed by atoms with van der Waals surface area (Å²) in [7, 11) is 0. The molecule has 0 bridgehead atoms. The summed E-state index contributed by atoms with van der Waals surface area (Å²) in [5.74, 6) is 0.166. The minimum atomic E-state index is -0.492. The highest BCUT2D eigenvalue weighted by Crippen LogP contribution is 2.22. The third kappa shape index (κ3) is 3.59. The summed E-state index contributed by atoms with van der Waals surface area (Å²) in [6.45, 7) is 1.98. The number of benzene rings is 2. The molecule has 0 spiro atoms. The van der Waals surface area contributed by atoms with E-state index in [-0.39, 0.29) is 19.6 Å². The number of hydrogen-bond donors (Lipinski definition) is 0. The molecule has 0 radical (unpaired) electrons. The van der Waals surface area contributed by atoms with E-state index in [0.29, 0.717) is 28.4 Å². The number of ether oxygens (including phenoxy) is 1. The summed E-state index contributed by atoms with van der Waals surface area (Å²) in [5, 5.41) is 0. The molecular formula is C21H18N2O5. The highest BCUT2D eigenvalue weighted by atomic mass is 16.5. The minimum Gasteiger partial charge on any atom is -0.459 e. The highest BCUT2D eigenvalue weighted by molar-refractivity contribution is 5.73. The molecule has 2 aromatic carbocycles. The van der Waals surface area contributed by atoms with Crippen LogP contribution in [0.2, 0.25) is 0 Å². The van der Waals surface area contributed by atoms with Crippen molar-refractivity contribution >= 4 is 17.1 Å². The first kappa shape index (κ1) is 17.8. The van der Waals surface area contributed by atoms with Crippen LogP contribution in [0.1, 0.15) is 17.9 Å². The Bertz CT molecular complexity index is 1170. The molecule has 2 heterocycles. The van der Waals surface area contributed by atoms with E-state index in [1.54, 1.807) is 25.1 Å². The third-order valence-corrected chi connectivity index (χ3v) is 4.40. The number of fused-ring (bicyclic) bond motifs is 1. The van der Waals surface area contributed by atoms with Gasteiger partial charge in [-0.25, -0.2) is 9.78 Å². The topological polar surface area (TPSA) is 87.5 Å². The SMILES string of the molecule is Cc1oc(-c2ccccc2)nc1COC(=O)CCn1c(=O)oc2ccccc21. The molecule has 0 fully saturated rings. The van der Waals surface area contributed by atoms with Crippen LogP contribution in [0.15, 0.2) is 68.2 Å². The molecule has 0 saturated heterocycles. The predicted octanol–water partition coefficient (Wildman–Crippen LogP) is 3.69. The number of nitrogens with zero attached hydrogens (tertiary/aromatic N) is 2. The van der Waals surface area contributed by atoms with Crippen LogP contribution >= 0.6 is 0 Å². The normalized spacial score (nSPS) is 11.0. The zero-order valence-electron chi connectivity index (χ0n) is 15.3. The molecule has 0 aliphatic heterocycles. The molecule has 4 aromatic rings. The molecule has 28 heavy (non-hydrogen) atoms. The van der Waals surface area contributed by atoms with Gasteiger partial charge in [0.1, 0.15) is 18.1 Å². The van der Waals surface area contributed by atoms with E-state index in [1.807, 2.05) is 36.4 Å². The number of hydrogen-bond acceptors (Lipinski definition) is 6. The predicted molar refractivity (Wildman–Crippen MR) is 102 cm³/mol. The van der Waals surface area contributed by atoms with Crippen molar-refractivity contribution in [1.82, 2.24) is 9.55 Å². The van der Waals surface area contributed by atoms with Crippen LogP contribution < -0.4 is 5.76 Å². The maximum Gasteiger partial charge on any atom is 0.419 e. The van der Waals surface area contributed by atoms with Gasteiger partial charge in [0.2, 0.25) is 5.89 Å². The number of esters is 1. The quantitative estimate of drug-likeness (QED) is 0.476. The summed E-state index contributed by atoms with van der Waals surface area (Å²) >= 11 is 0. The van der Waals surface area contributed by atoms with Gasteiger partial charge < -0.3 is 13.6 Å². The average Bonchev–Trinajstić information content (AvgIpc) is 3.24. The van der Waals surface area contributed by atoms with Gasteiger partial charge >= 0.3 is 11.7 Å². The molecule has 0 aliphatic carbocycles. The lowest BCUT2D eigenvalue weighted by molar-refractivity contribution is -0.145. The maximum absolute atomic E-state index is 12.1. The fourth-order valence-electron chi connectivity index (χ4n) is 2.92. The largest absolute Gasteiger partial charge is 0.459 e. The lowest BCUT2D eigenvalue weighted by atomic mass is 10.2. The van der Waals surface area contributed by atoms with Crippen molar-refractivity contribution in [3.8, 4) is 11.5 Å². The number of aryl methyl sites for hydroxylation is 2.